The highest BCUT2D eigenvalue weighted by Gasteiger charge is 2.37. The first-order valence-corrected chi connectivity index (χ1v) is 16.1. The number of hydrogen-bond donors (Lipinski definition) is 6. The summed E-state index contributed by atoms with van der Waals surface area (Å²) in [4.78, 5) is 25.3. The summed E-state index contributed by atoms with van der Waals surface area (Å²) in [5.74, 6) is -0.841. The Labute approximate surface area is 277 Å². The van der Waals surface area contributed by atoms with Crippen LogP contribution in [0.5, 0.6) is 0 Å². The number of aliphatic hydroxyl groups is 3. The van der Waals surface area contributed by atoms with Crippen molar-refractivity contribution in [2.24, 2.45) is 0 Å². The number of amides is 2. The molecule has 0 saturated carbocycles. The number of carbonyl (C=O) groups excluding carboxylic acids is 2. The molecule has 250 valence electrons. The van der Waals surface area contributed by atoms with Crippen LogP contribution in [0.1, 0.15) is 61.0 Å². The Bertz CT molecular complexity index is 1600. The quantitative estimate of drug-likeness (QED) is 0.0763. The minimum Gasteiger partial charge on any atom is -0.392 e. The van der Waals surface area contributed by atoms with Gasteiger partial charge in [0, 0.05) is 13.0 Å². The lowest BCUT2D eigenvalue weighted by atomic mass is 9.94. The molecular formula is C33H41N7O6S. The van der Waals surface area contributed by atoms with Crippen molar-refractivity contribution in [3.05, 3.63) is 94.1 Å². The standard InChI is InChI=1S/C33H41N7O6S/c1-32(2,3)46-31(44)34-20-23-11-9-10-22(18-23)19-27(42)36-30-40-39-28(47-30)15-8-7-14-25-16-17-26(38-37-25)35-29(43)33(45,21-41)24-12-5-4-6-13-24/h4-6,9-13,16-18,31,34,41,44-45H,7-8,14-15,19-21H2,1-3H3,(H,35,38,43)(H,36,40,42). The average molecular weight is 664 g/mol. The van der Waals surface area contributed by atoms with Gasteiger partial charge in [-0.25, -0.2) is 0 Å². The van der Waals surface area contributed by atoms with Crippen LogP contribution in [0.3, 0.4) is 0 Å². The van der Waals surface area contributed by atoms with E-state index < -0.39 is 30.1 Å². The van der Waals surface area contributed by atoms with Gasteiger partial charge in [-0.1, -0.05) is 65.9 Å². The number of aryl methyl sites for hydroxylation is 2. The number of aromatic nitrogens is 4. The van der Waals surface area contributed by atoms with Crippen LogP contribution in [-0.2, 0) is 45.7 Å². The Morgan fingerprint density at radius 1 is 0.894 bits per heavy atom. The van der Waals surface area contributed by atoms with Crippen LogP contribution < -0.4 is 16.0 Å². The molecule has 0 bridgehead atoms. The monoisotopic (exact) mass is 663 g/mol. The molecule has 2 amide bonds. The van der Waals surface area contributed by atoms with Crippen LogP contribution >= 0.6 is 11.3 Å². The molecule has 2 aromatic heterocycles. The Hall–Kier alpha value is -4.18. The highest BCUT2D eigenvalue weighted by molar-refractivity contribution is 7.15. The molecule has 0 saturated heterocycles. The third kappa shape index (κ3) is 11.2. The van der Waals surface area contributed by atoms with E-state index >= 15 is 0 Å². The predicted molar refractivity (Wildman–Crippen MR) is 177 cm³/mol. The van der Waals surface area contributed by atoms with Gasteiger partial charge in [0.2, 0.25) is 17.5 Å². The van der Waals surface area contributed by atoms with E-state index in [1.807, 2.05) is 45.0 Å². The van der Waals surface area contributed by atoms with Crippen LogP contribution in [-0.4, -0.2) is 66.2 Å². The van der Waals surface area contributed by atoms with E-state index in [4.69, 9.17) is 4.74 Å². The Kier molecular flexibility index (Phi) is 12.6. The highest BCUT2D eigenvalue weighted by atomic mass is 32.1. The highest BCUT2D eigenvalue weighted by Crippen LogP contribution is 2.23. The van der Waals surface area contributed by atoms with Gasteiger partial charge in [0.15, 0.2) is 11.4 Å². The third-order valence-electron chi connectivity index (χ3n) is 6.91. The summed E-state index contributed by atoms with van der Waals surface area (Å²) in [7, 11) is 0. The van der Waals surface area contributed by atoms with E-state index in [-0.39, 0.29) is 23.7 Å². The van der Waals surface area contributed by atoms with Crippen molar-refractivity contribution in [3.63, 3.8) is 0 Å². The number of nitrogens with one attached hydrogen (secondary N) is 3. The van der Waals surface area contributed by atoms with Gasteiger partial charge in [-0.15, -0.1) is 15.3 Å². The number of hydrogen-bond acceptors (Lipinski definition) is 12. The van der Waals surface area contributed by atoms with Gasteiger partial charge in [0.25, 0.3) is 5.91 Å². The van der Waals surface area contributed by atoms with Gasteiger partial charge in [-0.2, -0.15) is 5.10 Å². The van der Waals surface area contributed by atoms with Crippen LogP contribution in [0, 0.1) is 0 Å². The van der Waals surface area contributed by atoms with Gasteiger partial charge >= 0.3 is 0 Å². The lowest BCUT2D eigenvalue weighted by Gasteiger charge is -2.24. The third-order valence-corrected chi connectivity index (χ3v) is 7.80. The SMILES string of the molecule is CC(C)(C)OC(O)NCc1cccc(CC(=O)Nc2nnc(CCCCc3ccc(NC(=O)C(O)(CO)c4ccccc4)nn3)s2)c1. The van der Waals surface area contributed by atoms with Crippen molar-refractivity contribution in [2.75, 3.05) is 17.2 Å². The van der Waals surface area contributed by atoms with Gasteiger partial charge in [-0.3, -0.25) is 14.9 Å². The molecule has 0 aliphatic carbocycles. The summed E-state index contributed by atoms with van der Waals surface area (Å²) >= 11 is 1.33. The molecule has 0 aliphatic heterocycles. The molecular weight excluding hydrogens is 622 g/mol. The normalized spacial score (nSPS) is 13.5. The summed E-state index contributed by atoms with van der Waals surface area (Å²) < 4.78 is 5.45. The number of benzene rings is 2. The number of aliphatic hydroxyl groups excluding tert-OH is 2. The summed E-state index contributed by atoms with van der Waals surface area (Å²) in [6.07, 6.45) is 2.05. The summed E-state index contributed by atoms with van der Waals surface area (Å²) in [6.45, 7) is 5.17. The molecule has 2 aromatic carbocycles. The van der Waals surface area contributed by atoms with Crippen molar-refractivity contribution < 1.29 is 29.6 Å². The Morgan fingerprint density at radius 3 is 2.34 bits per heavy atom. The molecule has 6 N–H and O–H groups in total. The van der Waals surface area contributed by atoms with Crippen molar-refractivity contribution in [1.29, 1.82) is 0 Å². The maximum atomic E-state index is 12.7. The summed E-state index contributed by atoms with van der Waals surface area (Å²) in [5.41, 5.74) is 0.162. The maximum Gasteiger partial charge on any atom is 0.264 e. The first-order chi connectivity index (χ1) is 22.4. The zero-order valence-corrected chi connectivity index (χ0v) is 27.5. The van der Waals surface area contributed by atoms with Gasteiger partial charge in [0.05, 0.1) is 24.3 Å². The molecule has 4 rings (SSSR count). The number of rotatable bonds is 16. The lowest BCUT2D eigenvalue weighted by molar-refractivity contribution is -0.182. The molecule has 14 heteroatoms. The van der Waals surface area contributed by atoms with Crippen molar-refractivity contribution in [3.8, 4) is 0 Å². The van der Waals surface area contributed by atoms with Gasteiger partial charge in [-0.05, 0) is 68.9 Å². The number of carbonyl (C=O) groups is 2. The summed E-state index contributed by atoms with van der Waals surface area (Å²) in [5, 5.41) is 56.4. The van der Waals surface area contributed by atoms with Crippen molar-refractivity contribution >= 4 is 34.1 Å². The lowest BCUT2D eigenvalue weighted by Crippen LogP contribution is -2.43. The van der Waals surface area contributed by atoms with Gasteiger partial charge in [0.1, 0.15) is 5.01 Å². The zero-order valence-electron chi connectivity index (χ0n) is 26.6. The van der Waals surface area contributed by atoms with Crippen LogP contribution in [0.4, 0.5) is 10.9 Å². The first-order valence-electron chi connectivity index (χ1n) is 15.3. The average Bonchev–Trinajstić information content (AvgIpc) is 3.49. The van der Waals surface area contributed by atoms with E-state index in [0.717, 1.165) is 34.7 Å². The number of unbranched alkanes of at least 4 members (excludes halogenated alkanes) is 1. The largest absolute Gasteiger partial charge is 0.392 e. The van der Waals surface area contributed by atoms with Crippen LogP contribution in [0.2, 0.25) is 0 Å². The molecule has 0 radical (unpaired) electrons. The molecule has 4 aromatic rings. The predicted octanol–water partition coefficient (Wildman–Crippen LogP) is 3.07. The topological polar surface area (TPSA) is 192 Å². The van der Waals surface area contributed by atoms with Gasteiger partial charge < -0.3 is 30.7 Å². The van der Waals surface area contributed by atoms with Crippen molar-refractivity contribution in [2.45, 2.75) is 77.0 Å². The first kappa shape index (κ1) is 35.7. The fraction of sp³-hybridized carbons (Fsp3) is 0.394. The fourth-order valence-corrected chi connectivity index (χ4v) is 5.35. The van der Waals surface area contributed by atoms with Crippen LogP contribution in [0.15, 0.2) is 66.7 Å². The molecule has 13 nitrogen and oxygen atoms in total. The fourth-order valence-electron chi connectivity index (χ4n) is 4.56. The minimum atomic E-state index is -2.10. The van der Waals surface area contributed by atoms with E-state index in [1.165, 1.54) is 11.3 Å². The second-order valence-corrected chi connectivity index (χ2v) is 13.0. The molecule has 2 heterocycles. The van der Waals surface area contributed by atoms with E-state index in [9.17, 15) is 24.9 Å². The maximum absolute atomic E-state index is 12.7. The number of nitrogens with zero attached hydrogens (tertiary/aromatic N) is 4. The van der Waals surface area contributed by atoms with E-state index in [1.54, 1.807) is 42.5 Å². The summed E-state index contributed by atoms with van der Waals surface area (Å²) in [6, 6.07) is 19.1. The molecule has 2 unspecified atom stereocenters. The minimum absolute atomic E-state index is 0.163. The van der Waals surface area contributed by atoms with E-state index in [2.05, 4.69) is 36.3 Å². The smallest absolute Gasteiger partial charge is 0.264 e. The van der Waals surface area contributed by atoms with Crippen LogP contribution in [0.25, 0.3) is 0 Å². The zero-order chi connectivity index (χ0) is 33.9. The number of anilines is 2. The Morgan fingerprint density at radius 2 is 1.64 bits per heavy atom. The second-order valence-electron chi connectivity index (χ2n) is 12.0. The Balaban J connectivity index is 1.17. The molecule has 2 atom stereocenters. The van der Waals surface area contributed by atoms with E-state index in [0.29, 0.717) is 24.5 Å². The second kappa shape index (κ2) is 16.6. The molecule has 47 heavy (non-hydrogen) atoms. The molecule has 0 aliphatic rings. The molecule has 0 fully saturated rings. The van der Waals surface area contributed by atoms with Crippen molar-refractivity contribution in [1.82, 2.24) is 25.7 Å². The number of ether oxygens (including phenoxy) is 1. The molecule has 0 spiro atoms.